The molecule has 0 spiro atoms. The zero-order valence-corrected chi connectivity index (χ0v) is 13.0. The normalized spacial score (nSPS) is 22.7. The van der Waals surface area contributed by atoms with Crippen molar-refractivity contribution in [1.29, 1.82) is 5.26 Å². The minimum atomic E-state index is -3.63. The van der Waals surface area contributed by atoms with Crippen molar-refractivity contribution in [3.05, 3.63) is 28.8 Å². The second-order valence-corrected chi connectivity index (χ2v) is 7.45. The Balaban J connectivity index is 2.02. The van der Waals surface area contributed by atoms with Crippen LogP contribution in [0.4, 0.5) is 0 Å². The summed E-state index contributed by atoms with van der Waals surface area (Å²) in [6.45, 7) is 0.354. The lowest BCUT2D eigenvalue weighted by atomic mass is 9.88. The molecule has 1 aliphatic carbocycles. The molecule has 1 aromatic rings. The quantitative estimate of drug-likeness (QED) is 0.885. The first-order valence-electron chi connectivity index (χ1n) is 6.80. The fourth-order valence-corrected chi connectivity index (χ4v) is 3.84. The van der Waals surface area contributed by atoms with E-state index in [4.69, 9.17) is 16.9 Å². The number of nitrogens with one attached hydrogen (secondary N) is 1. The van der Waals surface area contributed by atoms with Crippen molar-refractivity contribution < 1.29 is 13.5 Å². The van der Waals surface area contributed by atoms with Gasteiger partial charge in [-0.15, -0.1) is 0 Å². The van der Waals surface area contributed by atoms with Gasteiger partial charge in [0.2, 0.25) is 10.0 Å². The van der Waals surface area contributed by atoms with Crippen LogP contribution in [0, 0.1) is 17.2 Å². The fraction of sp³-hybridized carbons (Fsp3) is 0.500. The van der Waals surface area contributed by atoms with Crippen LogP contribution in [0.15, 0.2) is 23.1 Å². The summed E-state index contributed by atoms with van der Waals surface area (Å²) in [4.78, 5) is 0.0577. The summed E-state index contributed by atoms with van der Waals surface area (Å²) in [6, 6.07) is 5.94. The van der Waals surface area contributed by atoms with Gasteiger partial charge in [0.05, 0.1) is 21.6 Å². The van der Waals surface area contributed by atoms with Gasteiger partial charge < -0.3 is 5.11 Å². The number of hydrogen-bond acceptors (Lipinski definition) is 4. The van der Waals surface area contributed by atoms with E-state index in [2.05, 4.69) is 4.72 Å². The SMILES string of the molecule is N#Cc1ccc(S(=O)(=O)NCC2CCC(O)CC2)cc1Cl. The van der Waals surface area contributed by atoms with Gasteiger partial charge >= 0.3 is 0 Å². The molecular weight excluding hydrogens is 312 g/mol. The van der Waals surface area contributed by atoms with Crippen molar-refractivity contribution in [3.63, 3.8) is 0 Å². The summed E-state index contributed by atoms with van der Waals surface area (Å²) in [5, 5.41) is 18.3. The summed E-state index contributed by atoms with van der Waals surface area (Å²) in [5.41, 5.74) is 0.247. The van der Waals surface area contributed by atoms with E-state index in [1.165, 1.54) is 18.2 Å². The molecule has 114 valence electrons. The van der Waals surface area contributed by atoms with Crippen LogP contribution in [-0.2, 0) is 10.0 Å². The van der Waals surface area contributed by atoms with Gasteiger partial charge in [0.15, 0.2) is 0 Å². The number of aliphatic hydroxyl groups is 1. The lowest BCUT2D eigenvalue weighted by Crippen LogP contribution is -2.32. The van der Waals surface area contributed by atoms with Crippen LogP contribution >= 0.6 is 11.6 Å². The third kappa shape index (κ3) is 4.17. The van der Waals surface area contributed by atoms with E-state index >= 15 is 0 Å². The maximum Gasteiger partial charge on any atom is 0.240 e. The molecule has 0 bridgehead atoms. The Labute approximate surface area is 129 Å². The van der Waals surface area contributed by atoms with Gasteiger partial charge in [-0.1, -0.05) is 11.6 Å². The summed E-state index contributed by atoms with van der Waals surface area (Å²) in [5.74, 6) is 0.247. The third-order valence-electron chi connectivity index (χ3n) is 3.75. The molecule has 1 fully saturated rings. The number of rotatable bonds is 4. The van der Waals surface area contributed by atoms with Crippen LogP contribution in [0.1, 0.15) is 31.2 Å². The highest BCUT2D eigenvalue weighted by Crippen LogP contribution is 2.24. The number of halogens is 1. The van der Waals surface area contributed by atoms with Crippen LogP contribution in [0.2, 0.25) is 5.02 Å². The Morgan fingerprint density at radius 2 is 2.00 bits per heavy atom. The van der Waals surface area contributed by atoms with E-state index in [9.17, 15) is 13.5 Å². The first-order valence-corrected chi connectivity index (χ1v) is 8.66. The lowest BCUT2D eigenvalue weighted by molar-refractivity contribution is 0.109. The van der Waals surface area contributed by atoms with E-state index in [-0.39, 0.29) is 27.5 Å². The number of benzene rings is 1. The molecule has 2 N–H and O–H groups in total. The van der Waals surface area contributed by atoms with E-state index < -0.39 is 10.0 Å². The predicted molar refractivity (Wildman–Crippen MR) is 79.3 cm³/mol. The molecule has 0 aromatic heterocycles. The number of aliphatic hydroxyl groups excluding tert-OH is 1. The molecule has 21 heavy (non-hydrogen) atoms. The topological polar surface area (TPSA) is 90.2 Å². The first-order chi connectivity index (χ1) is 9.92. The van der Waals surface area contributed by atoms with Crippen molar-refractivity contribution in [2.75, 3.05) is 6.54 Å². The second-order valence-electron chi connectivity index (χ2n) is 5.28. The molecule has 7 heteroatoms. The highest BCUT2D eigenvalue weighted by molar-refractivity contribution is 7.89. The molecule has 0 unspecified atom stereocenters. The Hall–Kier alpha value is -1.13. The van der Waals surface area contributed by atoms with E-state index in [1.54, 1.807) is 0 Å². The van der Waals surface area contributed by atoms with Crippen molar-refractivity contribution in [2.24, 2.45) is 5.92 Å². The molecule has 0 heterocycles. The number of hydrogen-bond donors (Lipinski definition) is 2. The zero-order valence-electron chi connectivity index (χ0n) is 11.4. The Kier molecular flexibility index (Phi) is 5.22. The fourth-order valence-electron chi connectivity index (χ4n) is 2.41. The van der Waals surface area contributed by atoms with Crippen LogP contribution in [-0.4, -0.2) is 26.2 Å². The zero-order chi connectivity index (χ0) is 15.5. The van der Waals surface area contributed by atoms with Crippen LogP contribution in [0.25, 0.3) is 0 Å². The molecule has 5 nitrogen and oxygen atoms in total. The van der Waals surface area contributed by atoms with Crippen LogP contribution in [0.3, 0.4) is 0 Å². The summed E-state index contributed by atoms with van der Waals surface area (Å²) < 4.78 is 27.0. The minimum Gasteiger partial charge on any atom is -0.393 e. The Bertz CT molecular complexity index is 647. The molecule has 1 saturated carbocycles. The Morgan fingerprint density at radius 3 is 2.57 bits per heavy atom. The van der Waals surface area contributed by atoms with Gasteiger partial charge in [-0.3, -0.25) is 0 Å². The van der Waals surface area contributed by atoms with Gasteiger partial charge in [-0.25, -0.2) is 13.1 Å². The van der Waals surface area contributed by atoms with Crippen molar-refractivity contribution in [3.8, 4) is 6.07 Å². The third-order valence-corrected chi connectivity index (χ3v) is 5.48. The van der Waals surface area contributed by atoms with E-state index in [1.807, 2.05) is 6.07 Å². The minimum absolute atomic E-state index is 0.0577. The van der Waals surface area contributed by atoms with Crippen molar-refractivity contribution in [1.82, 2.24) is 4.72 Å². The maximum absolute atomic E-state index is 12.2. The molecule has 0 aliphatic heterocycles. The molecule has 1 aromatic carbocycles. The van der Waals surface area contributed by atoms with Crippen molar-refractivity contribution >= 4 is 21.6 Å². The van der Waals surface area contributed by atoms with Crippen LogP contribution < -0.4 is 4.72 Å². The molecule has 1 aliphatic rings. The average Bonchev–Trinajstić information content (AvgIpc) is 2.46. The molecule has 0 radical (unpaired) electrons. The highest BCUT2D eigenvalue weighted by Gasteiger charge is 2.22. The van der Waals surface area contributed by atoms with Gasteiger partial charge in [0.25, 0.3) is 0 Å². The summed E-state index contributed by atoms with van der Waals surface area (Å²) >= 11 is 5.86. The molecular formula is C14H17ClN2O3S. The monoisotopic (exact) mass is 328 g/mol. The molecule has 0 saturated heterocycles. The number of nitriles is 1. The van der Waals surface area contributed by atoms with Crippen LogP contribution in [0.5, 0.6) is 0 Å². The summed E-state index contributed by atoms with van der Waals surface area (Å²) in [7, 11) is -3.63. The highest BCUT2D eigenvalue weighted by atomic mass is 35.5. The molecule has 0 atom stereocenters. The molecule has 2 rings (SSSR count). The molecule has 0 amide bonds. The Morgan fingerprint density at radius 1 is 1.33 bits per heavy atom. The van der Waals surface area contributed by atoms with Gasteiger partial charge in [0, 0.05) is 6.54 Å². The van der Waals surface area contributed by atoms with Gasteiger partial charge in [-0.05, 0) is 49.8 Å². The van der Waals surface area contributed by atoms with E-state index in [0.29, 0.717) is 6.54 Å². The first kappa shape index (κ1) is 16.2. The standard InChI is InChI=1S/C14H17ClN2O3S/c15-14-7-13(6-3-11(14)8-16)21(19,20)17-9-10-1-4-12(18)5-2-10/h3,6-7,10,12,17-18H,1-2,4-5,9H2. The van der Waals surface area contributed by atoms with E-state index in [0.717, 1.165) is 25.7 Å². The van der Waals surface area contributed by atoms with Gasteiger partial charge in [-0.2, -0.15) is 5.26 Å². The predicted octanol–water partition coefficient (Wildman–Crippen LogP) is 2.04. The van der Waals surface area contributed by atoms with Gasteiger partial charge in [0.1, 0.15) is 6.07 Å². The summed E-state index contributed by atoms with van der Waals surface area (Å²) in [6.07, 6.45) is 2.81. The van der Waals surface area contributed by atoms with Crippen molar-refractivity contribution in [2.45, 2.75) is 36.7 Å². The number of sulfonamides is 1. The lowest BCUT2D eigenvalue weighted by Gasteiger charge is -2.25. The second kappa shape index (κ2) is 6.75. The largest absolute Gasteiger partial charge is 0.393 e. The number of nitrogens with zero attached hydrogens (tertiary/aromatic N) is 1. The maximum atomic E-state index is 12.2. The smallest absolute Gasteiger partial charge is 0.240 e. The average molecular weight is 329 g/mol.